The van der Waals surface area contributed by atoms with Crippen molar-refractivity contribution in [2.45, 2.75) is 45.4 Å². The Kier molecular flexibility index (Phi) is 9.45. The van der Waals surface area contributed by atoms with Crippen molar-refractivity contribution in [3.63, 3.8) is 0 Å². The smallest absolute Gasteiger partial charge is 0.194 e. The van der Waals surface area contributed by atoms with Crippen molar-refractivity contribution in [2.75, 3.05) is 40.0 Å². The molecule has 2 rings (SSSR count). The number of aliphatic hydroxyl groups is 1. The maximum Gasteiger partial charge on any atom is 0.194 e. The molecule has 1 aromatic rings. The Bertz CT molecular complexity index is 543. The van der Waals surface area contributed by atoms with Gasteiger partial charge in [0.1, 0.15) is 0 Å². The molecule has 1 heterocycles. The topological polar surface area (TPSA) is 66.3 Å². The molecule has 0 aromatic heterocycles. The zero-order valence-corrected chi connectivity index (χ0v) is 16.1. The first-order chi connectivity index (χ1) is 12.8. The predicted octanol–water partition coefficient (Wildman–Crippen LogP) is 2.16. The Morgan fingerprint density at radius 3 is 2.62 bits per heavy atom. The van der Waals surface area contributed by atoms with Gasteiger partial charge in [-0.3, -0.25) is 0 Å². The van der Waals surface area contributed by atoms with E-state index in [2.05, 4.69) is 17.1 Å². The number of hydrogen-bond acceptors (Lipinski definition) is 4. The van der Waals surface area contributed by atoms with Crippen LogP contribution in [0.15, 0.2) is 29.3 Å². The van der Waals surface area contributed by atoms with Crippen LogP contribution in [0.25, 0.3) is 0 Å². The van der Waals surface area contributed by atoms with Crippen molar-refractivity contribution in [3.05, 3.63) is 35.4 Å². The average molecular weight is 364 g/mol. The summed E-state index contributed by atoms with van der Waals surface area (Å²) in [6.07, 6.45) is 3.32. The van der Waals surface area contributed by atoms with Gasteiger partial charge in [-0.05, 0) is 37.3 Å². The number of nitrogens with one attached hydrogen (secondary N) is 1. The predicted molar refractivity (Wildman–Crippen MR) is 104 cm³/mol. The Labute approximate surface area is 157 Å². The van der Waals surface area contributed by atoms with E-state index in [1.165, 1.54) is 0 Å². The molecule has 0 saturated carbocycles. The lowest BCUT2D eigenvalue weighted by atomic mass is 10.1. The molecular weight excluding hydrogens is 330 g/mol. The average Bonchev–Trinajstić information content (AvgIpc) is 2.69. The number of piperidine rings is 1. The van der Waals surface area contributed by atoms with Crippen LogP contribution in [0.2, 0.25) is 0 Å². The Morgan fingerprint density at radius 2 is 1.96 bits per heavy atom. The highest BCUT2D eigenvalue weighted by atomic mass is 16.5. The van der Waals surface area contributed by atoms with Crippen LogP contribution in [-0.4, -0.2) is 62.0 Å². The molecule has 6 nitrogen and oxygen atoms in total. The molecule has 1 saturated heterocycles. The van der Waals surface area contributed by atoms with Crippen molar-refractivity contribution >= 4 is 5.96 Å². The second kappa shape index (κ2) is 11.9. The Balaban J connectivity index is 1.87. The van der Waals surface area contributed by atoms with Gasteiger partial charge in [-0.15, -0.1) is 0 Å². The van der Waals surface area contributed by atoms with E-state index in [-0.39, 0.29) is 6.61 Å². The fourth-order valence-corrected chi connectivity index (χ4v) is 3.14. The summed E-state index contributed by atoms with van der Waals surface area (Å²) in [4.78, 5) is 7.10. The molecule has 0 bridgehead atoms. The molecule has 146 valence electrons. The highest BCUT2D eigenvalue weighted by Gasteiger charge is 2.21. The number of ether oxygens (including phenoxy) is 2. The minimum atomic E-state index is 0.0496. The van der Waals surface area contributed by atoms with Gasteiger partial charge in [0, 0.05) is 40.0 Å². The largest absolute Gasteiger partial charge is 0.392 e. The summed E-state index contributed by atoms with van der Waals surface area (Å²) in [7, 11) is 1.72. The molecule has 2 N–H and O–H groups in total. The lowest BCUT2D eigenvalue weighted by Gasteiger charge is -2.34. The summed E-state index contributed by atoms with van der Waals surface area (Å²) in [5, 5.41) is 12.9. The van der Waals surface area contributed by atoms with Crippen molar-refractivity contribution in [1.29, 1.82) is 0 Å². The van der Waals surface area contributed by atoms with E-state index >= 15 is 0 Å². The van der Waals surface area contributed by atoms with Crippen LogP contribution >= 0.6 is 0 Å². The zero-order chi connectivity index (χ0) is 18.6. The van der Waals surface area contributed by atoms with Gasteiger partial charge in [-0.1, -0.05) is 24.3 Å². The molecule has 1 aliphatic rings. The van der Waals surface area contributed by atoms with Crippen molar-refractivity contribution in [1.82, 2.24) is 10.2 Å². The van der Waals surface area contributed by atoms with Gasteiger partial charge in [0.05, 0.1) is 19.3 Å². The molecule has 0 amide bonds. The number of hydrogen-bond donors (Lipinski definition) is 2. The Morgan fingerprint density at radius 1 is 1.23 bits per heavy atom. The number of nitrogens with zero attached hydrogens (tertiary/aromatic N) is 2. The first-order valence-corrected chi connectivity index (χ1v) is 9.60. The molecule has 0 atom stereocenters. The number of benzene rings is 1. The molecule has 1 fully saturated rings. The maximum atomic E-state index is 9.47. The second-order valence-electron chi connectivity index (χ2n) is 6.50. The normalized spacial score (nSPS) is 16.1. The van der Waals surface area contributed by atoms with Crippen molar-refractivity contribution in [3.8, 4) is 0 Å². The van der Waals surface area contributed by atoms with Gasteiger partial charge >= 0.3 is 0 Å². The number of rotatable bonds is 9. The van der Waals surface area contributed by atoms with Crippen molar-refractivity contribution < 1.29 is 14.6 Å². The SMILES string of the molecule is CCNC(=NCc1ccccc1CO)N1CCC(OCCCOC)CC1. The molecule has 26 heavy (non-hydrogen) atoms. The molecule has 0 spiro atoms. The standard InChI is InChI=1S/C20H33N3O3/c1-3-21-20(22-15-17-7-4-5-8-18(17)16-24)23-11-9-19(10-12-23)26-14-6-13-25-2/h4-5,7-8,19,24H,3,6,9-16H2,1-2H3,(H,21,22). The third-order valence-electron chi connectivity index (χ3n) is 4.61. The molecule has 6 heteroatoms. The number of aliphatic imine (C=N–C) groups is 1. The van der Waals surface area contributed by atoms with E-state index in [4.69, 9.17) is 14.5 Å². The maximum absolute atomic E-state index is 9.47. The molecule has 1 aromatic carbocycles. The van der Waals surface area contributed by atoms with Gasteiger partial charge in [-0.2, -0.15) is 0 Å². The van der Waals surface area contributed by atoms with Crippen LogP contribution in [-0.2, 0) is 22.6 Å². The summed E-state index contributed by atoms with van der Waals surface area (Å²) >= 11 is 0. The van der Waals surface area contributed by atoms with Gasteiger partial charge in [0.2, 0.25) is 0 Å². The minimum Gasteiger partial charge on any atom is -0.392 e. The number of likely N-dealkylation sites (tertiary alicyclic amines) is 1. The van der Waals surface area contributed by atoms with E-state index in [0.29, 0.717) is 12.6 Å². The summed E-state index contributed by atoms with van der Waals surface area (Å²) < 4.78 is 11.0. The zero-order valence-electron chi connectivity index (χ0n) is 16.1. The lowest BCUT2D eigenvalue weighted by molar-refractivity contribution is 0.00990. The van der Waals surface area contributed by atoms with Crippen LogP contribution in [0.1, 0.15) is 37.3 Å². The van der Waals surface area contributed by atoms with Gasteiger partial charge < -0.3 is 24.8 Å². The van der Waals surface area contributed by atoms with Crippen LogP contribution in [0.4, 0.5) is 0 Å². The van der Waals surface area contributed by atoms with Crippen molar-refractivity contribution in [2.24, 2.45) is 4.99 Å². The first kappa shape index (κ1) is 20.7. The summed E-state index contributed by atoms with van der Waals surface area (Å²) in [6, 6.07) is 7.91. The van der Waals surface area contributed by atoms with Crippen LogP contribution < -0.4 is 5.32 Å². The van der Waals surface area contributed by atoms with E-state index in [1.54, 1.807) is 7.11 Å². The van der Waals surface area contributed by atoms with Crippen LogP contribution in [0, 0.1) is 0 Å². The summed E-state index contributed by atoms with van der Waals surface area (Å²) in [5.41, 5.74) is 2.01. The van der Waals surface area contributed by atoms with E-state index in [1.807, 2.05) is 24.3 Å². The highest BCUT2D eigenvalue weighted by molar-refractivity contribution is 5.80. The monoisotopic (exact) mass is 363 g/mol. The van der Waals surface area contributed by atoms with E-state index in [0.717, 1.165) is 69.2 Å². The van der Waals surface area contributed by atoms with Gasteiger partial charge in [0.15, 0.2) is 5.96 Å². The van der Waals surface area contributed by atoms with Crippen LogP contribution in [0.5, 0.6) is 0 Å². The summed E-state index contributed by atoms with van der Waals surface area (Å²) in [5.74, 6) is 0.943. The molecule has 0 radical (unpaired) electrons. The van der Waals surface area contributed by atoms with Crippen LogP contribution in [0.3, 0.4) is 0 Å². The fraction of sp³-hybridized carbons (Fsp3) is 0.650. The lowest BCUT2D eigenvalue weighted by Crippen LogP contribution is -2.47. The quantitative estimate of drug-likeness (QED) is 0.400. The summed E-state index contributed by atoms with van der Waals surface area (Å²) in [6.45, 7) is 6.97. The molecule has 1 aliphatic heterocycles. The third kappa shape index (κ3) is 6.59. The number of aliphatic hydroxyl groups excluding tert-OH is 1. The molecular formula is C20H33N3O3. The third-order valence-corrected chi connectivity index (χ3v) is 4.61. The molecule has 0 unspecified atom stereocenters. The minimum absolute atomic E-state index is 0.0496. The second-order valence-corrected chi connectivity index (χ2v) is 6.50. The van der Waals surface area contributed by atoms with Gasteiger partial charge in [-0.25, -0.2) is 4.99 Å². The Hall–Kier alpha value is -1.63. The highest BCUT2D eigenvalue weighted by Crippen LogP contribution is 2.15. The first-order valence-electron chi connectivity index (χ1n) is 9.60. The number of guanidine groups is 1. The fourth-order valence-electron chi connectivity index (χ4n) is 3.14. The number of methoxy groups -OCH3 is 1. The van der Waals surface area contributed by atoms with E-state index in [9.17, 15) is 5.11 Å². The van der Waals surface area contributed by atoms with E-state index < -0.39 is 0 Å². The molecule has 0 aliphatic carbocycles. The van der Waals surface area contributed by atoms with Gasteiger partial charge in [0.25, 0.3) is 0 Å².